The zero-order valence-electron chi connectivity index (χ0n) is 25.2. The minimum absolute atomic E-state index is 0.0277. The van der Waals surface area contributed by atoms with Gasteiger partial charge in [-0.3, -0.25) is 14.4 Å². The lowest BCUT2D eigenvalue weighted by atomic mass is 9.91. The molecule has 2 bridgehead atoms. The molecule has 0 aromatic heterocycles. The molecule has 4 aliphatic rings. The summed E-state index contributed by atoms with van der Waals surface area (Å²) in [5.74, 6) is 1.57. The number of ether oxygens (including phenoxy) is 1. The summed E-state index contributed by atoms with van der Waals surface area (Å²) < 4.78 is 6.09. The van der Waals surface area contributed by atoms with Gasteiger partial charge in [-0.05, 0) is 92.9 Å². The van der Waals surface area contributed by atoms with Crippen molar-refractivity contribution >= 4 is 23.4 Å². The largest absolute Gasteiger partial charge is 0.492 e. The van der Waals surface area contributed by atoms with Gasteiger partial charge in [-0.15, -0.1) is 0 Å². The molecule has 3 amide bonds. The van der Waals surface area contributed by atoms with Gasteiger partial charge in [-0.2, -0.15) is 0 Å². The maximum atomic E-state index is 13.9. The smallest absolute Gasteiger partial charge is 0.255 e. The van der Waals surface area contributed by atoms with E-state index in [2.05, 4.69) is 10.6 Å². The summed E-state index contributed by atoms with van der Waals surface area (Å²) in [6.07, 6.45) is 7.99. The molecule has 43 heavy (non-hydrogen) atoms. The van der Waals surface area contributed by atoms with Gasteiger partial charge in [0.1, 0.15) is 5.75 Å². The maximum Gasteiger partial charge on any atom is 0.255 e. The summed E-state index contributed by atoms with van der Waals surface area (Å²) in [6, 6.07) is 14.7. The van der Waals surface area contributed by atoms with Gasteiger partial charge in [-0.1, -0.05) is 43.7 Å². The van der Waals surface area contributed by atoms with Crippen molar-refractivity contribution in [3.8, 4) is 5.75 Å². The fourth-order valence-electron chi connectivity index (χ4n) is 7.18. The van der Waals surface area contributed by atoms with E-state index in [9.17, 15) is 19.5 Å². The Hall–Kier alpha value is -3.39. The van der Waals surface area contributed by atoms with Gasteiger partial charge in [0.2, 0.25) is 11.8 Å². The second kappa shape index (κ2) is 13.1. The third kappa shape index (κ3) is 7.23. The number of hydrogen-bond acceptors (Lipinski definition) is 5. The Labute approximate surface area is 254 Å². The SMILES string of the molecule is C[C@H](C[C@H](O)C(Cc1ccccc1)NC(=O)c1cc(N2CCCC2=O)ccc1OCC1CC1)C(=O)NC1CC2CCC1C2. The molecule has 3 aliphatic carbocycles. The molecule has 0 spiro atoms. The first-order valence-electron chi connectivity index (χ1n) is 16.2. The number of carbonyl (C=O) groups excluding carboxylic acids is 3. The van der Waals surface area contributed by atoms with Crippen LogP contribution in [0.1, 0.15) is 80.6 Å². The third-order valence-electron chi connectivity index (χ3n) is 9.95. The highest BCUT2D eigenvalue weighted by Gasteiger charge is 2.40. The summed E-state index contributed by atoms with van der Waals surface area (Å²) >= 11 is 0. The highest BCUT2D eigenvalue weighted by molar-refractivity contribution is 6.01. The van der Waals surface area contributed by atoms with E-state index in [1.165, 1.54) is 19.3 Å². The normalized spacial score (nSPS) is 24.9. The molecular weight excluding hydrogens is 542 g/mol. The van der Waals surface area contributed by atoms with Gasteiger partial charge >= 0.3 is 0 Å². The quantitative estimate of drug-likeness (QED) is 0.317. The van der Waals surface area contributed by atoms with Crippen molar-refractivity contribution in [1.29, 1.82) is 0 Å². The van der Waals surface area contributed by atoms with Gasteiger partial charge in [-0.25, -0.2) is 0 Å². The Balaban J connectivity index is 1.18. The second-order valence-electron chi connectivity index (χ2n) is 13.3. The number of nitrogens with one attached hydrogen (secondary N) is 2. The summed E-state index contributed by atoms with van der Waals surface area (Å²) in [5, 5.41) is 17.8. The molecule has 8 heteroatoms. The molecule has 3 N–H and O–H groups in total. The van der Waals surface area contributed by atoms with Crippen molar-refractivity contribution in [2.45, 2.75) is 89.3 Å². The highest BCUT2D eigenvalue weighted by Crippen LogP contribution is 2.44. The van der Waals surface area contributed by atoms with Gasteiger partial charge < -0.3 is 25.4 Å². The van der Waals surface area contributed by atoms with Crippen molar-refractivity contribution in [3.63, 3.8) is 0 Å². The Bertz CT molecular complexity index is 1310. The van der Waals surface area contributed by atoms with E-state index in [4.69, 9.17) is 4.74 Å². The number of hydrogen-bond donors (Lipinski definition) is 3. The minimum atomic E-state index is -0.941. The van der Waals surface area contributed by atoms with Crippen LogP contribution in [0.4, 0.5) is 5.69 Å². The standard InChI is InChI=1S/C35H45N3O5/c1-22(34(41)36-29-19-25-11-12-26(29)17-25)16-31(39)30(18-23-6-3-2-4-7-23)37-35(42)28-20-27(38-15-5-8-33(38)40)13-14-32(28)43-21-24-9-10-24/h2-4,6-7,13-14,20,22,24-26,29-31,39H,5,8-12,15-19,21H2,1H3,(H,36,41)(H,37,42)/t22-,25?,26?,29?,30?,31+/m1/s1. The van der Waals surface area contributed by atoms with E-state index in [1.807, 2.05) is 43.3 Å². The van der Waals surface area contributed by atoms with Crippen LogP contribution >= 0.6 is 0 Å². The monoisotopic (exact) mass is 587 g/mol. The van der Waals surface area contributed by atoms with Crippen molar-refractivity contribution in [2.24, 2.45) is 23.7 Å². The summed E-state index contributed by atoms with van der Waals surface area (Å²) in [5.41, 5.74) is 2.01. The molecule has 2 aromatic carbocycles. The molecule has 1 saturated heterocycles. The Morgan fingerprint density at radius 1 is 1.07 bits per heavy atom. The Kier molecular flexibility index (Phi) is 9.03. The topological polar surface area (TPSA) is 108 Å². The number of benzene rings is 2. The number of fused-ring (bicyclic) bond motifs is 2. The fourth-order valence-corrected chi connectivity index (χ4v) is 7.18. The minimum Gasteiger partial charge on any atom is -0.492 e. The van der Waals surface area contributed by atoms with Gasteiger partial charge in [0.25, 0.3) is 5.91 Å². The van der Waals surface area contributed by atoms with Crippen LogP contribution in [0.3, 0.4) is 0 Å². The molecule has 6 atom stereocenters. The first-order valence-corrected chi connectivity index (χ1v) is 16.2. The lowest BCUT2D eigenvalue weighted by Crippen LogP contribution is -2.47. The number of anilines is 1. The van der Waals surface area contributed by atoms with E-state index in [0.717, 1.165) is 37.2 Å². The van der Waals surface area contributed by atoms with Crippen LogP contribution in [0.25, 0.3) is 0 Å². The Morgan fingerprint density at radius 3 is 2.56 bits per heavy atom. The molecule has 4 unspecified atom stereocenters. The van der Waals surface area contributed by atoms with Crippen LogP contribution in [-0.2, 0) is 16.0 Å². The molecular formula is C35H45N3O5. The number of aliphatic hydroxyl groups is 1. The summed E-state index contributed by atoms with van der Waals surface area (Å²) in [4.78, 5) is 41.2. The van der Waals surface area contributed by atoms with Crippen molar-refractivity contribution < 1.29 is 24.2 Å². The van der Waals surface area contributed by atoms with Crippen LogP contribution in [0.2, 0.25) is 0 Å². The van der Waals surface area contributed by atoms with Crippen molar-refractivity contribution in [3.05, 3.63) is 59.7 Å². The molecule has 4 fully saturated rings. The van der Waals surface area contributed by atoms with Crippen LogP contribution in [-0.4, -0.2) is 54.2 Å². The molecule has 8 nitrogen and oxygen atoms in total. The zero-order valence-corrected chi connectivity index (χ0v) is 25.2. The molecule has 230 valence electrons. The van der Waals surface area contributed by atoms with E-state index < -0.39 is 18.1 Å². The van der Waals surface area contributed by atoms with Crippen molar-refractivity contribution in [2.75, 3.05) is 18.1 Å². The van der Waals surface area contributed by atoms with Crippen LogP contribution < -0.4 is 20.3 Å². The number of aliphatic hydroxyl groups excluding tert-OH is 1. The maximum absolute atomic E-state index is 13.9. The van der Waals surface area contributed by atoms with Gasteiger partial charge in [0.05, 0.1) is 24.3 Å². The lowest BCUT2D eigenvalue weighted by Gasteiger charge is -2.28. The van der Waals surface area contributed by atoms with E-state index >= 15 is 0 Å². The molecule has 3 saturated carbocycles. The first kappa shape index (κ1) is 29.7. The fraction of sp³-hybridized carbons (Fsp3) is 0.571. The highest BCUT2D eigenvalue weighted by atomic mass is 16.5. The van der Waals surface area contributed by atoms with Gasteiger partial charge in [0.15, 0.2) is 0 Å². The lowest BCUT2D eigenvalue weighted by molar-refractivity contribution is -0.126. The van der Waals surface area contributed by atoms with Crippen molar-refractivity contribution in [1.82, 2.24) is 10.6 Å². The van der Waals surface area contributed by atoms with Gasteiger partial charge in [0, 0.05) is 30.6 Å². The number of nitrogens with zero attached hydrogens (tertiary/aromatic N) is 1. The molecule has 2 aromatic rings. The Morgan fingerprint density at radius 2 is 1.88 bits per heavy atom. The molecule has 1 aliphatic heterocycles. The van der Waals surface area contributed by atoms with E-state index in [-0.39, 0.29) is 30.2 Å². The predicted octanol–water partition coefficient (Wildman–Crippen LogP) is 4.64. The predicted molar refractivity (Wildman–Crippen MR) is 165 cm³/mol. The number of carbonyl (C=O) groups is 3. The van der Waals surface area contributed by atoms with E-state index in [1.54, 1.807) is 17.0 Å². The average Bonchev–Trinajstić information content (AvgIpc) is 3.35. The number of amides is 3. The summed E-state index contributed by atoms with van der Waals surface area (Å²) in [6.45, 7) is 3.03. The number of rotatable bonds is 13. The summed E-state index contributed by atoms with van der Waals surface area (Å²) in [7, 11) is 0. The van der Waals surface area contributed by atoms with E-state index in [0.29, 0.717) is 54.8 Å². The van der Waals surface area contributed by atoms with Crippen LogP contribution in [0.5, 0.6) is 5.75 Å². The molecule has 1 heterocycles. The second-order valence-corrected chi connectivity index (χ2v) is 13.3. The third-order valence-corrected chi connectivity index (χ3v) is 9.95. The molecule has 6 rings (SSSR count). The van der Waals surface area contributed by atoms with Crippen LogP contribution in [0, 0.1) is 23.7 Å². The molecule has 0 radical (unpaired) electrons. The first-order chi connectivity index (χ1) is 20.8. The average molecular weight is 588 g/mol. The zero-order chi connectivity index (χ0) is 29.9. The van der Waals surface area contributed by atoms with Crippen LogP contribution in [0.15, 0.2) is 48.5 Å².